The Morgan fingerprint density at radius 1 is 1.09 bits per heavy atom. The molecule has 32 heavy (non-hydrogen) atoms. The smallest absolute Gasteiger partial charge is 0.260 e. The van der Waals surface area contributed by atoms with E-state index in [-0.39, 0.29) is 12.5 Å². The number of anilines is 1. The van der Waals surface area contributed by atoms with E-state index in [1.807, 2.05) is 48.4 Å². The van der Waals surface area contributed by atoms with E-state index in [9.17, 15) is 4.79 Å². The zero-order chi connectivity index (χ0) is 22.3. The summed E-state index contributed by atoms with van der Waals surface area (Å²) in [5.41, 5.74) is 1.10. The second-order valence-corrected chi connectivity index (χ2v) is 8.77. The molecule has 7 heteroatoms. The largest absolute Gasteiger partial charge is 0.493 e. The maximum Gasteiger partial charge on any atom is 0.260 e. The van der Waals surface area contributed by atoms with E-state index in [0.29, 0.717) is 17.4 Å². The van der Waals surface area contributed by atoms with Gasteiger partial charge in [-0.3, -0.25) is 9.69 Å². The molecule has 2 fully saturated rings. The van der Waals surface area contributed by atoms with Crippen molar-refractivity contribution in [3.05, 3.63) is 48.2 Å². The number of carbonyl (C=O) groups is 1. The van der Waals surface area contributed by atoms with Crippen LogP contribution in [0.3, 0.4) is 0 Å². The highest BCUT2D eigenvalue weighted by Crippen LogP contribution is 2.28. The summed E-state index contributed by atoms with van der Waals surface area (Å²) in [5.74, 6) is 2.91. The fourth-order valence-electron chi connectivity index (χ4n) is 4.63. The molecule has 1 aromatic carbocycles. The Morgan fingerprint density at radius 2 is 1.94 bits per heavy atom. The first-order valence-electron chi connectivity index (χ1n) is 11.6. The summed E-state index contributed by atoms with van der Waals surface area (Å²) in [6.07, 6.45) is 4.09. The molecule has 1 unspecified atom stereocenters. The Kier molecular flexibility index (Phi) is 7.47. The Hall–Kier alpha value is -2.80. The Bertz CT molecular complexity index is 884. The van der Waals surface area contributed by atoms with Crippen molar-refractivity contribution in [3.63, 3.8) is 0 Å². The average Bonchev–Trinajstić information content (AvgIpc) is 2.84. The Labute approximate surface area is 190 Å². The third-order valence-electron chi connectivity index (χ3n) is 6.40. The number of amides is 1. The number of methoxy groups -OCH3 is 1. The van der Waals surface area contributed by atoms with Gasteiger partial charge in [-0.2, -0.15) is 0 Å². The zero-order valence-corrected chi connectivity index (χ0v) is 19.2. The summed E-state index contributed by atoms with van der Waals surface area (Å²) in [5, 5.41) is 0. The molecule has 2 aliphatic rings. The van der Waals surface area contributed by atoms with Gasteiger partial charge in [-0.15, -0.1) is 0 Å². The van der Waals surface area contributed by atoms with Gasteiger partial charge in [0.1, 0.15) is 5.82 Å². The first-order valence-corrected chi connectivity index (χ1v) is 11.6. The SMILES string of the molecule is COc1cc(C)ccc1OCC(=O)N1CCCC(CN2CCN(c3ccccn3)CC2)C1. The number of likely N-dealkylation sites (tertiary alicyclic amines) is 1. The lowest BCUT2D eigenvalue weighted by atomic mass is 9.97. The number of nitrogens with zero attached hydrogens (tertiary/aromatic N) is 4. The van der Waals surface area contributed by atoms with Crippen LogP contribution in [0.4, 0.5) is 5.82 Å². The summed E-state index contributed by atoms with van der Waals surface area (Å²) in [7, 11) is 1.62. The van der Waals surface area contributed by atoms with Crippen molar-refractivity contribution in [2.75, 3.05) is 64.4 Å². The highest BCUT2D eigenvalue weighted by Gasteiger charge is 2.27. The molecule has 2 aromatic rings. The van der Waals surface area contributed by atoms with E-state index in [4.69, 9.17) is 9.47 Å². The van der Waals surface area contributed by atoms with E-state index >= 15 is 0 Å². The van der Waals surface area contributed by atoms with Crippen LogP contribution in [0.1, 0.15) is 18.4 Å². The molecule has 1 amide bonds. The van der Waals surface area contributed by atoms with Gasteiger partial charge in [0.05, 0.1) is 7.11 Å². The van der Waals surface area contributed by atoms with Crippen LogP contribution in [0.25, 0.3) is 0 Å². The molecule has 0 N–H and O–H groups in total. The predicted molar refractivity (Wildman–Crippen MR) is 125 cm³/mol. The van der Waals surface area contributed by atoms with Crippen LogP contribution in [-0.2, 0) is 4.79 Å². The quantitative estimate of drug-likeness (QED) is 0.663. The van der Waals surface area contributed by atoms with Gasteiger partial charge in [0.15, 0.2) is 18.1 Å². The van der Waals surface area contributed by atoms with Gasteiger partial charge in [0, 0.05) is 52.0 Å². The third-order valence-corrected chi connectivity index (χ3v) is 6.40. The molecule has 0 spiro atoms. The van der Waals surface area contributed by atoms with Crippen molar-refractivity contribution >= 4 is 11.7 Å². The molecule has 2 saturated heterocycles. The van der Waals surface area contributed by atoms with Crippen LogP contribution >= 0.6 is 0 Å². The van der Waals surface area contributed by atoms with E-state index in [2.05, 4.69) is 20.9 Å². The fraction of sp³-hybridized carbons (Fsp3) is 0.520. The van der Waals surface area contributed by atoms with Crippen molar-refractivity contribution in [3.8, 4) is 11.5 Å². The molecule has 7 nitrogen and oxygen atoms in total. The van der Waals surface area contributed by atoms with Gasteiger partial charge in [-0.05, 0) is 55.5 Å². The number of hydrogen-bond acceptors (Lipinski definition) is 6. The minimum atomic E-state index is 0.0505. The van der Waals surface area contributed by atoms with Gasteiger partial charge >= 0.3 is 0 Å². The number of rotatable bonds is 7. The molecule has 0 aliphatic carbocycles. The van der Waals surface area contributed by atoms with E-state index in [1.54, 1.807) is 7.11 Å². The van der Waals surface area contributed by atoms with E-state index < -0.39 is 0 Å². The van der Waals surface area contributed by atoms with E-state index in [1.165, 1.54) is 6.42 Å². The van der Waals surface area contributed by atoms with Gasteiger partial charge < -0.3 is 19.3 Å². The molecule has 0 radical (unpaired) electrons. The molecule has 3 heterocycles. The van der Waals surface area contributed by atoms with Crippen molar-refractivity contribution in [2.24, 2.45) is 5.92 Å². The number of benzene rings is 1. The topological polar surface area (TPSA) is 58.1 Å². The standard InChI is InChI=1S/C25H34N4O3/c1-20-8-9-22(23(16-20)31-2)32-19-25(30)29-11-5-6-21(18-29)17-27-12-14-28(15-13-27)24-7-3-4-10-26-24/h3-4,7-10,16,21H,5-6,11-15,17-19H2,1-2H3. The first kappa shape index (κ1) is 22.4. The Morgan fingerprint density at radius 3 is 2.69 bits per heavy atom. The van der Waals surface area contributed by atoms with Crippen molar-refractivity contribution in [1.29, 1.82) is 0 Å². The monoisotopic (exact) mass is 438 g/mol. The van der Waals surface area contributed by atoms with Gasteiger partial charge in [0.25, 0.3) is 5.91 Å². The number of piperidine rings is 1. The van der Waals surface area contributed by atoms with Crippen LogP contribution in [0.15, 0.2) is 42.6 Å². The molecule has 1 aromatic heterocycles. The van der Waals surface area contributed by atoms with Gasteiger partial charge in [-0.1, -0.05) is 12.1 Å². The lowest BCUT2D eigenvalue weighted by Crippen LogP contribution is -2.50. The van der Waals surface area contributed by atoms with Crippen LogP contribution < -0.4 is 14.4 Å². The van der Waals surface area contributed by atoms with E-state index in [0.717, 1.165) is 63.6 Å². The minimum absolute atomic E-state index is 0.0505. The number of ether oxygens (including phenoxy) is 2. The molecule has 1 atom stereocenters. The van der Waals surface area contributed by atoms with Crippen molar-refractivity contribution in [1.82, 2.24) is 14.8 Å². The lowest BCUT2D eigenvalue weighted by molar-refractivity contribution is -0.135. The second kappa shape index (κ2) is 10.7. The van der Waals surface area contributed by atoms with Crippen molar-refractivity contribution in [2.45, 2.75) is 19.8 Å². The molecular formula is C25H34N4O3. The molecule has 0 saturated carbocycles. The normalized spacial score (nSPS) is 19.6. The number of pyridine rings is 1. The summed E-state index contributed by atoms with van der Waals surface area (Å²) in [4.78, 5) is 24.1. The summed E-state index contributed by atoms with van der Waals surface area (Å²) in [6.45, 7) is 8.81. The predicted octanol–water partition coefficient (Wildman–Crippen LogP) is 2.84. The molecule has 172 valence electrons. The lowest BCUT2D eigenvalue weighted by Gasteiger charge is -2.39. The molecular weight excluding hydrogens is 404 g/mol. The fourth-order valence-corrected chi connectivity index (χ4v) is 4.63. The Balaban J connectivity index is 1.23. The number of hydrogen-bond donors (Lipinski definition) is 0. The highest BCUT2D eigenvalue weighted by atomic mass is 16.5. The van der Waals surface area contributed by atoms with Crippen LogP contribution in [0, 0.1) is 12.8 Å². The number of piperazine rings is 1. The van der Waals surface area contributed by atoms with Crippen LogP contribution in [0.5, 0.6) is 11.5 Å². The third kappa shape index (κ3) is 5.71. The van der Waals surface area contributed by atoms with Crippen LogP contribution in [-0.4, -0.2) is 80.2 Å². The highest BCUT2D eigenvalue weighted by molar-refractivity contribution is 5.78. The van der Waals surface area contributed by atoms with Crippen LogP contribution in [0.2, 0.25) is 0 Å². The number of carbonyl (C=O) groups excluding carboxylic acids is 1. The summed E-state index contributed by atoms with van der Waals surface area (Å²) >= 11 is 0. The molecule has 4 rings (SSSR count). The van der Waals surface area contributed by atoms with Gasteiger partial charge in [-0.25, -0.2) is 4.98 Å². The first-order chi connectivity index (χ1) is 15.6. The maximum absolute atomic E-state index is 12.8. The van der Waals surface area contributed by atoms with Gasteiger partial charge in [0.2, 0.25) is 0 Å². The average molecular weight is 439 g/mol. The minimum Gasteiger partial charge on any atom is -0.493 e. The molecule has 0 bridgehead atoms. The molecule has 2 aliphatic heterocycles. The number of aromatic nitrogens is 1. The maximum atomic E-state index is 12.8. The summed E-state index contributed by atoms with van der Waals surface area (Å²) < 4.78 is 11.2. The number of aryl methyl sites for hydroxylation is 1. The summed E-state index contributed by atoms with van der Waals surface area (Å²) in [6, 6.07) is 11.8. The second-order valence-electron chi connectivity index (χ2n) is 8.77. The van der Waals surface area contributed by atoms with Crippen molar-refractivity contribution < 1.29 is 14.3 Å². The zero-order valence-electron chi connectivity index (χ0n) is 19.2.